The van der Waals surface area contributed by atoms with E-state index in [1.807, 2.05) is 61.5 Å². The van der Waals surface area contributed by atoms with Gasteiger partial charge in [0, 0.05) is 0 Å². The van der Waals surface area contributed by atoms with Crippen molar-refractivity contribution in [3.63, 3.8) is 0 Å². The topological polar surface area (TPSA) is 52.8 Å². The van der Waals surface area contributed by atoms with Gasteiger partial charge in [-0.1, -0.05) is 36.4 Å². The fourth-order valence-corrected chi connectivity index (χ4v) is 2.44. The van der Waals surface area contributed by atoms with Crippen LogP contribution in [0, 0.1) is 6.92 Å². The van der Waals surface area contributed by atoms with Gasteiger partial charge in [-0.2, -0.15) is 5.10 Å². The number of aryl methyl sites for hydroxylation is 1. The summed E-state index contributed by atoms with van der Waals surface area (Å²) in [4.78, 5) is 8.62. The molecule has 0 fully saturated rings. The van der Waals surface area contributed by atoms with Crippen molar-refractivity contribution in [3.05, 3.63) is 72.7 Å². The Morgan fingerprint density at radius 2 is 1.70 bits per heavy atom. The zero-order valence-electron chi connectivity index (χ0n) is 12.5. The van der Waals surface area contributed by atoms with Crippen LogP contribution >= 0.6 is 0 Å². The van der Waals surface area contributed by atoms with Gasteiger partial charge in [0.2, 0.25) is 5.88 Å². The third-order valence-corrected chi connectivity index (χ3v) is 3.63. The highest BCUT2D eigenvalue weighted by Crippen LogP contribution is 2.29. The average Bonchev–Trinajstić information content (AvgIpc) is 3.03. The largest absolute Gasteiger partial charge is 0.438 e. The Balaban J connectivity index is 1.81. The molecular formula is C18H14N4O. The van der Waals surface area contributed by atoms with Crippen LogP contribution in [0.3, 0.4) is 0 Å². The van der Waals surface area contributed by atoms with Crippen molar-refractivity contribution in [2.24, 2.45) is 0 Å². The lowest BCUT2D eigenvalue weighted by atomic mass is 10.2. The van der Waals surface area contributed by atoms with Gasteiger partial charge >= 0.3 is 0 Å². The van der Waals surface area contributed by atoms with E-state index < -0.39 is 0 Å². The van der Waals surface area contributed by atoms with E-state index in [0.717, 1.165) is 28.0 Å². The van der Waals surface area contributed by atoms with Crippen LogP contribution < -0.4 is 4.74 Å². The molecule has 0 radical (unpaired) electrons. The van der Waals surface area contributed by atoms with Crippen molar-refractivity contribution in [2.75, 3.05) is 0 Å². The first-order valence-electron chi connectivity index (χ1n) is 7.30. The van der Waals surface area contributed by atoms with Gasteiger partial charge in [0.15, 0.2) is 5.65 Å². The normalized spacial score (nSPS) is 10.8. The number of fused-ring (bicyclic) bond motifs is 1. The van der Waals surface area contributed by atoms with Gasteiger partial charge in [-0.15, -0.1) is 0 Å². The van der Waals surface area contributed by atoms with Crippen molar-refractivity contribution in [3.8, 4) is 17.3 Å². The highest BCUT2D eigenvalue weighted by Gasteiger charge is 2.13. The minimum Gasteiger partial charge on any atom is -0.438 e. The van der Waals surface area contributed by atoms with Gasteiger partial charge in [0.05, 0.1) is 11.9 Å². The molecule has 2 heterocycles. The molecule has 2 aromatic heterocycles. The molecule has 2 aromatic carbocycles. The van der Waals surface area contributed by atoms with E-state index in [4.69, 9.17) is 4.74 Å². The zero-order valence-corrected chi connectivity index (χ0v) is 12.5. The number of ether oxygens (including phenoxy) is 1. The maximum atomic E-state index is 5.97. The second-order valence-corrected chi connectivity index (χ2v) is 5.18. The minimum atomic E-state index is 0.506. The van der Waals surface area contributed by atoms with Crippen LogP contribution in [0.4, 0.5) is 0 Å². The predicted molar refractivity (Wildman–Crippen MR) is 87.9 cm³/mol. The maximum absolute atomic E-state index is 5.97. The van der Waals surface area contributed by atoms with Crippen LogP contribution in [0.2, 0.25) is 0 Å². The summed E-state index contributed by atoms with van der Waals surface area (Å²) < 4.78 is 7.75. The van der Waals surface area contributed by atoms with E-state index in [0.29, 0.717) is 5.88 Å². The highest BCUT2D eigenvalue weighted by molar-refractivity contribution is 5.81. The molecule has 0 aliphatic carbocycles. The molecule has 4 rings (SSSR count). The van der Waals surface area contributed by atoms with Crippen molar-refractivity contribution >= 4 is 11.0 Å². The lowest BCUT2D eigenvalue weighted by Crippen LogP contribution is -1.98. The molecule has 0 atom stereocenters. The van der Waals surface area contributed by atoms with Crippen LogP contribution in [0.25, 0.3) is 16.7 Å². The maximum Gasteiger partial charge on any atom is 0.233 e. The van der Waals surface area contributed by atoms with Crippen molar-refractivity contribution in [1.29, 1.82) is 0 Å². The summed E-state index contributed by atoms with van der Waals surface area (Å²) in [7, 11) is 0. The summed E-state index contributed by atoms with van der Waals surface area (Å²) in [6.07, 6.45) is 3.23. The number of hydrogen-bond acceptors (Lipinski definition) is 4. The van der Waals surface area contributed by atoms with Crippen LogP contribution in [0.15, 0.2) is 67.1 Å². The van der Waals surface area contributed by atoms with E-state index in [1.54, 1.807) is 10.9 Å². The molecule has 23 heavy (non-hydrogen) atoms. The Hall–Kier alpha value is -3.21. The summed E-state index contributed by atoms with van der Waals surface area (Å²) in [5.74, 6) is 1.28. The third kappa shape index (κ3) is 2.42. The minimum absolute atomic E-state index is 0.506. The summed E-state index contributed by atoms with van der Waals surface area (Å²) in [6, 6.07) is 17.7. The number of para-hydroxylation sites is 2. The lowest BCUT2D eigenvalue weighted by Gasteiger charge is -2.08. The molecule has 0 bridgehead atoms. The zero-order chi connectivity index (χ0) is 15.6. The molecule has 0 saturated heterocycles. The number of rotatable bonds is 3. The Morgan fingerprint density at radius 1 is 0.913 bits per heavy atom. The molecule has 0 aliphatic heterocycles. The Labute approximate surface area is 133 Å². The van der Waals surface area contributed by atoms with Crippen LogP contribution in [0.1, 0.15) is 5.56 Å². The van der Waals surface area contributed by atoms with Crippen LogP contribution in [-0.2, 0) is 0 Å². The molecule has 0 aliphatic rings. The van der Waals surface area contributed by atoms with Gasteiger partial charge in [0.25, 0.3) is 0 Å². The molecule has 0 saturated carbocycles. The fraction of sp³-hybridized carbons (Fsp3) is 0.0556. The van der Waals surface area contributed by atoms with Crippen LogP contribution in [0.5, 0.6) is 11.6 Å². The number of aromatic nitrogens is 4. The SMILES string of the molecule is Cc1ccccc1Oc1ncnc2c1cnn2-c1ccccc1. The van der Waals surface area contributed by atoms with Gasteiger partial charge in [-0.05, 0) is 30.7 Å². The van der Waals surface area contributed by atoms with Gasteiger partial charge in [-0.25, -0.2) is 14.6 Å². The van der Waals surface area contributed by atoms with Gasteiger partial charge in [0.1, 0.15) is 17.5 Å². The second kappa shape index (κ2) is 5.53. The molecule has 112 valence electrons. The summed E-state index contributed by atoms with van der Waals surface area (Å²) >= 11 is 0. The van der Waals surface area contributed by atoms with Crippen molar-refractivity contribution < 1.29 is 4.74 Å². The standard InChI is InChI=1S/C18H14N4O/c1-13-7-5-6-10-16(13)23-18-15-11-21-22(17(15)19-12-20-18)14-8-3-2-4-9-14/h2-12H,1H3. The molecule has 0 amide bonds. The van der Waals surface area contributed by atoms with E-state index in [9.17, 15) is 0 Å². The number of hydrogen-bond donors (Lipinski definition) is 0. The van der Waals surface area contributed by atoms with Gasteiger partial charge < -0.3 is 4.74 Å². The first kappa shape index (κ1) is 13.5. The molecule has 5 heteroatoms. The second-order valence-electron chi connectivity index (χ2n) is 5.18. The molecule has 5 nitrogen and oxygen atoms in total. The first-order chi connectivity index (χ1) is 11.3. The van der Waals surface area contributed by atoms with E-state index in [2.05, 4.69) is 15.1 Å². The quantitative estimate of drug-likeness (QED) is 0.575. The van der Waals surface area contributed by atoms with E-state index in [1.165, 1.54) is 6.33 Å². The van der Waals surface area contributed by atoms with Crippen LogP contribution in [-0.4, -0.2) is 19.7 Å². The van der Waals surface area contributed by atoms with E-state index in [-0.39, 0.29) is 0 Å². The highest BCUT2D eigenvalue weighted by atomic mass is 16.5. The van der Waals surface area contributed by atoms with Crippen molar-refractivity contribution in [1.82, 2.24) is 19.7 Å². The average molecular weight is 302 g/mol. The fourth-order valence-electron chi connectivity index (χ4n) is 2.44. The van der Waals surface area contributed by atoms with Gasteiger partial charge in [-0.3, -0.25) is 0 Å². The lowest BCUT2D eigenvalue weighted by molar-refractivity contribution is 0.464. The molecule has 0 unspecified atom stereocenters. The summed E-state index contributed by atoms with van der Waals surface area (Å²) in [6.45, 7) is 2.00. The van der Waals surface area contributed by atoms with E-state index >= 15 is 0 Å². The number of nitrogens with zero attached hydrogens (tertiary/aromatic N) is 4. The monoisotopic (exact) mass is 302 g/mol. The third-order valence-electron chi connectivity index (χ3n) is 3.63. The Kier molecular flexibility index (Phi) is 3.24. The molecule has 0 N–H and O–H groups in total. The molecular weight excluding hydrogens is 288 g/mol. The summed E-state index contributed by atoms with van der Waals surface area (Å²) in [5.41, 5.74) is 2.72. The molecule has 0 spiro atoms. The Morgan fingerprint density at radius 3 is 2.52 bits per heavy atom. The smallest absolute Gasteiger partial charge is 0.233 e. The Bertz CT molecular complexity index is 963. The summed E-state index contributed by atoms with van der Waals surface area (Å²) in [5, 5.41) is 5.20. The first-order valence-corrected chi connectivity index (χ1v) is 7.30. The number of benzene rings is 2. The van der Waals surface area contributed by atoms with Crippen molar-refractivity contribution in [2.45, 2.75) is 6.92 Å². The predicted octanol–water partition coefficient (Wildman–Crippen LogP) is 3.92. The molecule has 4 aromatic rings.